The number of aryl methyl sites for hydroxylation is 6. The van der Waals surface area contributed by atoms with Crippen LogP contribution in [0.4, 0.5) is 0 Å². The molecule has 0 bridgehead atoms. The van der Waals surface area contributed by atoms with Gasteiger partial charge in [-0.25, -0.2) is 0 Å². The SMILES string of the molecule is CCCCc1cc(C)c(-n2c3ccccc3c3cc4c(cc32)c2ccccc2n4-c2c(C)cc(CCCC)cc2C)c(C)c1. The van der Waals surface area contributed by atoms with Gasteiger partial charge in [-0.2, -0.15) is 0 Å². The molecule has 0 amide bonds. The van der Waals surface area contributed by atoms with Crippen molar-refractivity contribution in [3.8, 4) is 11.4 Å². The fourth-order valence-corrected chi connectivity index (χ4v) is 7.76. The highest BCUT2D eigenvalue weighted by molar-refractivity contribution is 6.19. The van der Waals surface area contributed by atoms with E-state index in [0.717, 1.165) is 12.8 Å². The summed E-state index contributed by atoms with van der Waals surface area (Å²) < 4.78 is 5.06. The zero-order valence-electron chi connectivity index (χ0n) is 27.2. The van der Waals surface area contributed by atoms with Gasteiger partial charge in [0.15, 0.2) is 0 Å². The predicted molar refractivity (Wildman–Crippen MR) is 191 cm³/mol. The van der Waals surface area contributed by atoms with Crippen molar-refractivity contribution in [1.29, 1.82) is 0 Å². The summed E-state index contributed by atoms with van der Waals surface area (Å²) in [6, 6.07) is 32.5. The summed E-state index contributed by atoms with van der Waals surface area (Å²) in [5.74, 6) is 0. The van der Waals surface area contributed by atoms with Crippen LogP contribution in [0.1, 0.15) is 72.9 Å². The fraction of sp³-hybridized carbons (Fsp3) is 0.286. The highest BCUT2D eigenvalue weighted by atomic mass is 15.0. The van der Waals surface area contributed by atoms with Gasteiger partial charge in [0.2, 0.25) is 0 Å². The molecule has 0 N–H and O–H groups in total. The molecule has 0 fully saturated rings. The van der Waals surface area contributed by atoms with E-state index in [-0.39, 0.29) is 0 Å². The maximum Gasteiger partial charge on any atom is 0.0549 e. The lowest BCUT2D eigenvalue weighted by atomic mass is 10.00. The van der Waals surface area contributed by atoms with E-state index >= 15 is 0 Å². The van der Waals surface area contributed by atoms with Crippen LogP contribution >= 0.6 is 0 Å². The molecule has 44 heavy (non-hydrogen) atoms. The highest BCUT2D eigenvalue weighted by Crippen LogP contribution is 2.41. The van der Waals surface area contributed by atoms with Crippen LogP contribution in [0.3, 0.4) is 0 Å². The van der Waals surface area contributed by atoms with Gasteiger partial charge < -0.3 is 9.13 Å². The largest absolute Gasteiger partial charge is 0.309 e. The number of nitrogens with zero attached hydrogens (tertiary/aromatic N) is 2. The molecule has 2 heterocycles. The topological polar surface area (TPSA) is 9.86 Å². The molecule has 7 aromatic rings. The molecule has 0 aliphatic rings. The Morgan fingerprint density at radius 2 is 0.795 bits per heavy atom. The second-order valence-corrected chi connectivity index (χ2v) is 13.0. The molecule has 2 aromatic heterocycles. The van der Waals surface area contributed by atoms with Crippen molar-refractivity contribution in [2.45, 2.75) is 80.1 Å². The smallest absolute Gasteiger partial charge is 0.0549 e. The summed E-state index contributed by atoms with van der Waals surface area (Å²) in [4.78, 5) is 0. The van der Waals surface area contributed by atoms with E-state index in [9.17, 15) is 0 Å². The van der Waals surface area contributed by atoms with Crippen molar-refractivity contribution in [3.05, 3.63) is 118 Å². The maximum atomic E-state index is 2.53. The van der Waals surface area contributed by atoms with Crippen LogP contribution in [0.25, 0.3) is 55.0 Å². The van der Waals surface area contributed by atoms with Crippen LogP contribution in [-0.4, -0.2) is 9.13 Å². The van der Waals surface area contributed by atoms with Gasteiger partial charge in [0.1, 0.15) is 0 Å². The van der Waals surface area contributed by atoms with Crippen molar-refractivity contribution < 1.29 is 0 Å². The summed E-state index contributed by atoms with van der Waals surface area (Å²) in [6.45, 7) is 13.7. The Hall–Kier alpha value is -4.30. The van der Waals surface area contributed by atoms with E-state index in [1.165, 1.54) is 114 Å². The van der Waals surface area contributed by atoms with E-state index in [1.54, 1.807) is 0 Å². The summed E-state index contributed by atoms with van der Waals surface area (Å²) in [5, 5.41) is 5.22. The highest BCUT2D eigenvalue weighted by Gasteiger charge is 2.21. The lowest BCUT2D eigenvalue weighted by Crippen LogP contribution is -2.02. The molecule has 2 heteroatoms. The van der Waals surface area contributed by atoms with Crippen molar-refractivity contribution in [2.24, 2.45) is 0 Å². The Bertz CT molecular complexity index is 1980. The first-order valence-electron chi connectivity index (χ1n) is 16.6. The van der Waals surface area contributed by atoms with Crippen LogP contribution in [0.2, 0.25) is 0 Å². The minimum atomic E-state index is 1.14. The number of hydrogen-bond acceptors (Lipinski definition) is 0. The fourth-order valence-electron chi connectivity index (χ4n) is 7.76. The Balaban J connectivity index is 1.55. The molecule has 2 nitrogen and oxygen atoms in total. The van der Waals surface area contributed by atoms with Gasteiger partial charge in [-0.15, -0.1) is 0 Å². The first-order valence-corrected chi connectivity index (χ1v) is 16.6. The Labute approximate surface area is 261 Å². The number of hydrogen-bond donors (Lipinski definition) is 0. The number of benzene rings is 5. The van der Waals surface area contributed by atoms with E-state index in [4.69, 9.17) is 0 Å². The van der Waals surface area contributed by atoms with Crippen molar-refractivity contribution >= 4 is 43.6 Å². The quantitative estimate of drug-likeness (QED) is 0.170. The molecule has 222 valence electrons. The monoisotopic (exact) mass is 576 g/mol. The van der Waals surface area contributed by atoms with Gasteiger partial charge >= 0.3 is 0 Å². The van der Waals surface area contributed by atoms with Crippen LogP contribution in [0.5, 0.6) is 0 Å². The normalized spacial score (nSPS) is 12.0. The zero-order valence-corrected chi connectivity index (χ0v) is 27.2. The van der Waals surface area contributed by atoms with Gasteiger partial charge in [-0.1, -0.05) is 87.4 Å². The summed E-state index contributed by atoms with van der Waals surface area (Å²) in [6.07, 6.45) is 7.19. The van der Waals surface area contributed by atoms with Crippen LogP contribution in [-0.2, 0) is 12.8 Å². The molecule has 0 spiro atoms. The van der Waals surface area contributed by atoms with Gasteiger partial charge in [0.25, 0.3) is 0 Å². The van der Waals surface area contributed by atoms with Gasteiger partial charge in [0.05, 0.1) is 33.4 Å². The van der Waals surface area contributed by atoms with Crippen molar-refractivity contribution in [1.82, 2.24) is 9.13 Å². The number of para-hydroxylation sites is 2. The average molecular weight is 577 g/mol. The molecule has 0 aliphatic carbocycles. The number of fused-ring (bicyclic) bond motifs is 6. The third-order valence-corrected chi connectivity index (χ3v) is 9.65. The molecule has 0 unspecified atom stereocenters. The first-order chi connectivity index (χ1) is 21.4. The summed E-state index contributed by atoms with van der Waals surface area (Å²) in [7, 11) is 0. The van der Waals surface area contributed by atoms with Crippen LogP contribution in [0, 0.1) is 27.7 Å². The standard InChI is InChI=1S/C42H44N2/c1-7-9-15-31-21-27(3)41(28(4)22-31)43-37-19-13-11-17-33(37)35-26-40-36(25-39(35)43)34-18-12-14-20-38(34)44(40)42-29(5)23-32(16-10-8-2)24-30(42)6/h11-14,17-26H,7-10,15-16H2,1-6H3. The minimum absolute atomic E-state index is 1.14. The maximum absolute atomic E-state index is 2.53. The Kier molecular flexibility index (Phi) is 7.33. The molecule has 5 aromatic carbocycles. The summed E-state index contributed by atoms with van der Waals surface area (Å²) in [5.41, 5.74) is 16.0. The second-order valence-electron chi connectivity index (χ2n) is 13.0. The van der Waals surface area contributed by atoms with E-state index in [1.807, 2.05) is 0 Å². The third kappa shape index (κ3) is 4.54. The van der Waals surface area contributed by atoms with Crippen molar-refractivity contribution in [2.75, 3.05) is 0 Å². The molecule has 7 rings (SSSR count). The molecule has 0 saturated heterocycles. The van der Waals surface area contributed by atoms with Gasteiger partial charge in [-0.3, -0.25) is 0 Å². The molecule has 0 saturated carbocycles. The van der Waals surface area contributed by atoms with Gasteiger partial charge in [-0.05, 0) is 111 Å². The van der Waals surface area contributed by atoms with Gasteiger partial charge in [0, 0.05) is 21.5 Å². The zero-order chi connectivity index (χ0) is 30.5. The molecule has 0 aliphatic heterocycles. The molecule has 0 radical (unpaired) electrons. The number of aromatic nitrogens is 2. The van der Waals surface area contributed by atoms with E-state index < -0.39 is 0 Å². The predicted octanol–water partition coefficient (Wildman–Crippen LogP) is 11.8. The minimum Gasteiger partial charge on any atom is -0.309 e. The molecule has 0 atom stereocenters. The molecular weight excluding hydrogens is 532 g/mol. The van der Waals surface area contributed by atoms with E-state index in [0.29, 0.717) is 0 Å². The van der Waals surface area contributed by atoms with Crippen LogP contribution in [0.15, 0.2) is 84.9 Å². The lowest BCUT2D eigenvalue weighted by Gasteiger charge is -2.17. The average Bonchev–Trinajstić information content (AvgIpc) is 3.50. The molecular formula is C42H44N2. The van der Waals surface area contributed by atoms with E-state index in [2.05, 4.69) is 136 Å². The van der Waals surface area contributed by atoms with Crippen LogP contribution < -0.4 is 0 Å². The Morgan fingerprint density at radius 3 is 1.16 bits per heavy atom. The first kappa shape index (κ1) is 28.5. The number of unbranched alkanes of at least 4 members (excludes halogenated alkanes) is 2. The third-order valence-electron chi connectivity index (χ3n) is 9.65. The van der Waals surface area contributed by atoms with Crippen molar-refractivity contribution in [3.63, 3.8) is 0 Å². The summed E-state index contributed by atoms with van der Waals surface area (Å²) >= 11 is 0. The Morgan fingerprint density at radius 1 is 0.432 bits per heavy atom. The lowest BCUT2D eigenvalue weighted by molar-refractivity contribution is 0.793. The number of rotatable bonds is 8. The second kappa shape index (κ2) is 11.3.